The molecule has 1 saturated heterocycles. The Morgan fingerprint density at radius 1 is 1.36 bits per heavy atom. The highest BCUT2D eigenvalue weighted by Crippen LogP contribution is 2.25. The smallest absolute Gasteiger partial charge is 0.231 e. The lowest BCUT2D eigenvalue weighted by Crippen LogP contribution is -2.44. The molecule has 0 radical (unpaired) electrons. The molecule has 134 valence electrons. The van der Waals surface area contributed by atoms with Gasteiger partial charge in [-0.3, -0.25) is 9.48 Å². The first-order valence-corrected chi connectivity index (χ1v) is 8.62. The van der Waals surface area contributed by atoms with Crippen molar-refractivity contribution in [3.63, 3.8) is 0 Å². The quantitative estimate of drug-likeness (QED) is 0.856. The molecule has 0 unspecified atom stereocenters. The van der Waals surface area contributed by atoms with Gasteiger partial charge >= 0.3 is 0 Å². The minimum Gasteiger partial charge on any atom is -0.381 e. The lowest BCUT2D eigenvalue weighted by Gasteiger charge is -2.34. The Hall–Kier alpha value is -2.21. The second-order valence-corrected chi connectivity index (χ2v) is 6.54. The van der Waals surface area contributed by atoms with E-state index in [2.05, 4.69) is 5.10 Å². The van der Waals surface area contributed by atoms with Gasteiger partial charge in [-0.1, -0.05) is 6.07 Å². The van der Waals surface area contributed by atoms with E-state index in [1.54, 1.807) is 21.7 Å². The maximum atomic E-state index is 13.7. The Kier molecular flexibility index (Phi) is 5.18. The van der Waals surface area contributed by atoms with Crippen LogP contribution in [0.3, 0.4) is 0 Å². The highest BCUT2D eigenvalue weighted by molar-refractivity contribution is 5.95. The lowest BCUT2D eigenvalue weighted by atomic mass is 10.0. The summed E-state index contributed by atoms with van der Waals surface area (Å²) in [5.74, 6) is -0.368. The van der Waals surface area contributed by atoms with Crippen molar-refractivity contribution in [1.29, 1.82) is 0 Å². The molecule has 2 aromatic rings. The van der Waals surface area contributed by atoms with E-state index in [9.17, 15) is 9.18 Å². The van der Waals surface area contributed by atoms with Crippen LogP contribution in [-0.4, -0.2) is 34.9 Å². The number of carbonyl (C=O) groups excluding carboxylic acids is 1. The number of hydrogen-bond donors (Lipinski definition) is 0. The fourth-order valence-corrected chi connectivity index (χ4v) is 3.44. The van der Waals surface area contributed by atoms with Crippen LogP contribution in [0.5, 0.6) is 0 Å². The standard InChI is InChI=1S/C19H24FN3O2/c1-13-18(14(2)22(3)21-13)12-19(24)23(16-7-9-25-10-8-16)17-6-4-5-15(20)11-17/h4-6,11,16H,7-10,12H2,1-3H3. The second kappa shape index (κ2) is 7.35. The van der Waals surface area contributed by atoms with Gasteiger partial charge in [0.2, 0.25) is 5.91 Å². The molecule has 1 fully saturated rings. The molecule has 2 heterocycles. The van der Waals surface area contributed by atoms with Gasteiger partial charge in [0, 0.05) is 43.2 Å². The van der Waals surface area contributed by atoms with Gasteiger partial charge in [-0.25, -0.2) is 4.39 Å². The third kappa shape index (κ3) is 3.74. The molecule has 1 aliphatic heterocycles. The van der Waals surface area contributed by atoms with Gasteiger partial charge in [-0.2, -0.15) is 5.10 Å². The van der Waals surface area contributed by atoms with Crippen molar-refractivity contribution >= 4 is 11.6 Å². The van der Waals surface area contributed by atoms with Crippen molar-refractivity contribution in [1.82, 2.24) is 9.78 Å². The van der Waals surface area contributed by atoms with E-state index < -0.39 is 0 Å². The molecule has 1 aromatic heterocycles. The summed E-state index contributed by atoms with van der Waals surface area (Å²) < 4.78 is 21.0. The topological polar surface area (TPSA) is 47.4 Å². The number of carbonyl (C=O) groups is 1. The molecule has 0 spiro atoms. The molecule has 3 rings (SSSR count). The van der Waals surface area contributed by atoms with Gasteiger partial charge in [0.15, 0.2) is 0 Å². The molecule has 0 atom stereocenters. The van der Waals surface area contributed by atoms with Crippen molar-refractivity contribution in [3.05, 3.63) is 47.0 Å². The van der Waals surface area contributed by atoms with Gasteiger partial charge < -0.3 is 9.64 Å². The molecule has 1 aliphatic rings. The number of nitrogens with zero attached hydrogens (tertiary/aromatic N) is 3. The van der Waals surface area contributed by atoms with Crippen molar-refractivity contribution in [2.75, 3.05) is 18.1 Å². The van der Waals surface area contributed by atoms with E-state index in [4.69, 9.17) is 4.74 Å². The number of ether oxygens (including phenoxy) is 1. The molecule has 0 aliphatic carbocycles. The van der Waals surface area contributed by atoms with Crippen LogP contribution >= 0.6 is 0 Å². The number of rotatable bonds is 4. The summed E-state index contributed by atoms with van der Waals surface area (Å²) in [5, 5.41) is 4.39. The van der Waals surface area contributed by atoms with Crippen molar-refractivity contribution in [3.8, 4) is 0 Å². The summed E-state index contributed by atoms with van der Waals surface area (Å²) in [6, 6.07) is 6.28. The van der Waals surface area contributed by atoms with E-state index in [-0.39, 0.29) is 24.2 Å². The van der Waals surface area contributed by atoms with Crippen LogP contribution in [0.2, 0.25) is 0 Å². The summed E-state index contributed by atoms with van der Waals surface area (Å²) in [4.78, 5) is 14.9. The van der Waals surface area contributed by atoms with Crippen LogP contribution in [-0.2, 0) is 23.0 Å². The summed E-state index contributed by atoms with van der Waals surface area (Å²) in [7, 11) is 1.87. The molecule has 0 saturated carbocycles. The average Bonchev–Trinajstić information content (AvgIpc) is 2.82. The van der Waals surface area contributed by atoms with Crippen LogP contribution in [0.15, 0.2) is 24.3 Å². The first-order valence-electron chi connectivity index (χ1n) is 8.62. The number of aromatic nitrogens is 2. The molecule has 1 amide bonds. The second-order valence-electron chi connectivity index (χ2n) is 6.54. The first-order chi connectivity index (χ1) is 12.0. The van der Waals surface area contributed by atoms with Crippen molar-refractivity contribution in [2.24, 2.45) is 7.05 Å². The Balaban J connectivity index is 1.91. The zero-order valence-corrected chi connectivity index (χ0v) is 15.0. The number of anilines is 1. The van der Waals surface area contributed by atoms with Crippen LogP contribution in [0, 0.1) is 19.7 Å². The fraction of sp³-hybridized carbons (Fsp3) is 0.474. The molecular weight excluding hydrogens is 321 g/mol. The Morgan fingerprint density at radius 2 is 2.08 bits per heavy atom. The highest BCUT2D eigenvalue weighted by Gasteiger charge is 2.28. The molecule has 6 heteroatoms. The lowest BCUT2D eigenvalue weighted by molar-refractivity contribution is -0.118. The maximum Gasteiger partial charge on any atom is 0.231 e. The summed E-state index contributed by atoms with van der Waals surface area (Å²) in [6.07, 6.45) is 1.78. The zero-order valence-electron chi connectivity index (χ0n) is 15.0. The van der Waals surface area contributed by atoms with E-state index in [0.29, 0.717) is 18.9 Å². The number of hydrogen-bond acceptors (Lipinski definition) is 3. The molecule has 25 heavy (non-hydrogen) atoms. The van der Waals surface area contributed by atoms with Gasteiger partial charge in [-0.15, -0.1) is 0 Å². The van der Waals surface area contributed by atoms with Gasteiger partial charge in [0.25, 0.3) is 0 Å². The monoisotopic (exact) mass is 345 g/mol. The minimum atomic E-state index is -0.337. The number of amides is 1. The predicted molar refractivity (Wildman–Crippen MR) is 94.1 cm³/mol. The average molecular weight is 345 g/mol. The number of aryl methyl sites for hydroxylation is 2. The molecule has 5 nitrogen and oxygen atoms in total. The summed E-state index contributed by atoms with van der Waals surface area (Å²) in [6.45, 7) is 5.11. The van der Waals surface area contributed by atoms with Crippen LogP contribution in [0.25, 0.3) is 0 Å². The summed E-state index contributed by atoms with van der Waals surface area (Å²) in [5.41, 5.74) is 3.40. The third-order valence-electron chi connectivity index (χ3n) is 4.90. The van der Waals surface area contributed by atoms with Crippen LogP contribution < -0.4 is 4.90 Å². The third-order valence-corrected chi connectivity index (χ3v) is 4.90. The van der Waals surface area contributed by atoms with E-state index in [1.165, 1.54) is 12.1 Å². The molecule has 0 bridgehead atoms. The number of halogens is 1. The summed E-state index contributed by atoms with van der Waals surface area (Å²) >= 11 is 0. The number of benzene rings is 1. The maximum absolute atomic E-state index is 13.7. The molecule has 1 aromatic carbocycles. The Labute approximate surface area is 147 Å². The highest BCUT2D eigenvalue weighted by atomic mass is 19.1. The predicted octanol–water partition coefficient (Wildman–Crippen LogP) is 2.93. The van der Waals surface area contributed by atoms with E-state index in [1.807, 2.05) is 20.9 Å². The minimum absolute atomic E-state index is 0.0281. The fourth-order valence-electron chi connectivity index (χ4n) is 3.44. The Morgan fingerprint density at radius 3 is 2.68 bits per heavy atom. The van der Waals surface area contributed by atoms with Crippen LogP contribution in [0.1, 0.15) is 29.8 Å². The SMILES string of the molecule is Cc1nn(C)c(C)c1CC(=O)N(c1cccc(F)c1)C1CCOCC1. The normalized spacial score (nSPS) is 15.4. The van der Waals surface area contributed by atoms with Gasteiger partial charge in [0.1, 0.15) is 5.82 Å². The Bertz CT molecular complexity index is 766. The first kappa shape index (κ1) is 17.6. The van der Waals surface area contributed by atoms with E-state index >= 15 is 0 Å². The molecule has 0 N–H and O–H groups in total. The van der Waals surface area contributed by atoms with Crippen LogP contribution in [0.4, 0.5) is 10.1 Å². The van der Waals surface area contributed by atoms with Gasteiger partial charge in [0.05, 0.1) is 12.1 Å². The van der Waals surface area contributed by atoms with Crippen molar-refractivity contribution < 1.29 is 13.9 Å². The van der Waals surface area contributed by atoms with Gasteiger partial charge in [-0.05, 0) is 44.9 Å². The van der Waals surface area contributed by atoms with Crippen molar-refractivity contribution in [2.45, 2.75) is 39.2 Å². The van der Waals surface area contributed by atoms with E-state index in [0.717, 1.165) is 29.8 Å². The molecular formula is C19H24FN3O2. The largest absolute Gasteiger partial charge is 0.381 e. The zero-order chi connectivity index (χ0) is 18.0.